The van der Waals surface area contributed by atoms with Crippen LogP contribution in [0, 0.1) is 0 Å². The summed E-state index contributed by atoms with van der Waals surface area (Å²) in [7, 11) is 0. The minimum absolute atomic E-state index is 0.207. The van der Waals surface area contributed by atoms with Crippen LogP contribution < -0.4 is 0 Å². The number of fused-ring (bicyclic) bond motifs is 1. The Bertz CT molecular complexity index is 1230. The molecular weight excluding hydrogens is 380 g/mol. The first-order valence-electron chi connectivity index (χ1n) is 10.7. The van der Waals surface area contributed by atoms with Gasteiger partial charge in [-0.05, 0) is 39.8 Å². The molecule has 0 aliphatic carbocycles. The first-order valence-corrected chi connectivity index (χ1v) is 10.7. The van der Waals surface area contributed by atoms with Gasteiger partial charge in [0.15, 0.2) is 5.84 Å². The molecule has 1 aliphatic heterocycles. The molecule has 3 aromatic carbocycles. The fourth-order valence-electron chi connectivity index (χ4n) is 3.98. The summed E-state index contributed by atoms with van der Waals surface area (Å²) in [6.45, 7) is 16.8. The van der Waals surface area contributed by atoms with E-state index in [1.807, 2.05) is 24.3 Å². The van der Waals surface area contributed by atoms with E-state index in [1.165, 1.54) is 10.8 Å². The van der Waals surface area contributed by atoms with Crippen LogP contribution in [0.4, 0.5) is 0 Å². The van der Waals surface area contributed by atoms with E-state index in [1.54, 1.807) is 0 Å². The van der Waals surface area contributed by atoms with Crippen LogP contribution in [-0.4, -0.2) is 16.7 Å². The highest BCUT2D eigenvalue weighted by Gasteiger charge is 2.28. The summed E-state index contributed by atoms with van der Waals surface area (Å²) >= 11 is 0. The molecule has 31 heavy (non-hydrogen) atoms. The number of aromatic hydroxyl groups is 1. The Hall–Kier alpha value is -3.20. The zero-order chi connectivity index (χ0) is 22.6. The molecule has 3 heteroatoms. The normalized spacial score (nSPS) is 14.7. The molecule has 0 aromatic heterocycles. The van der Waals surface area contributed by atoms with Gasteiger partial charge in [-0.3, -0.25) is 0 Å². The predicted molar refractivity (Wildman–Crippen MR) is 132 cm³/mol. The molecule has 0 fully saturated rings. The molecule has 0 saturated heterocycles. The average Bonchev–Trinajstić information content (AvgIpc) is 3.07. The van der Waals surface area contributed by atoms with Crippen molar-refractivity contribution < 1.29 is 5.11 Å². The highest BCUT2D eigenvalue weighted by molar-refractivity contribution is 6.24. The molecule has 1 aliphatic rings. The molecule has 0 atom stereocenters. The predicted octanol–water partition coefficient (Wildman–Crippen LogP) is 6.90. The molecule has 1 N–H and O–H groups in total. The number of hydrogen-bond donors (Lipinski definition) is 1. The van der Waals surface area contributed by atoms with Gasteiger partial charge in [0.1, 0.15) is 5.75 Å². The molecule has 3 aromatic rings. The quantitative estimate of drug-likeness (QED) is 0.490. The van der Waals surface area contributed by atoms with Crippen molar-refractivity contribution in [2.24, 2.45) is 9.98 Å². The SMILES string of the molecule is C=C1N=C(c2cc(C(C)(C)C)c(O)c(C(C)(C)C)c2)N=C1c1ccc2ccccc2c1. The van der Waals surface area contributed by atoms with Crippen LogP contribution >= 0.6 is 0 Å². The van der Waals surface area contributed by atoms with E-state index in [0.29, 0.717) is 17.3 Å². The molecule has 0 bridgehead atoms. The lowest BCUT2D eigenvalue weighted by Crippen LogP contribution is -2.18. The van der Waals surface area contributed by atoms with Crippen LogP contribution in [-0.2, 0) is 10.8 Å². The maximum atomic E-state index is 11.0. The van der Waals surface area contributed by atoms with Gasteiger partial charge in [-0.2, -0.15) is 0 Å². The maximum absolute atomic E-state index is 11.0. The third kappa shape index (κ3) is 3.93. The van der Waals surface area contributed by atoms with Crippen LogP contribution in [0.25, 0.3) is 10.8 Å². The van der Waals surface area contributed by atoms with Crippen molar-refractivity contribution >= 4 is 22.3 Å². The van der Waals surface area contributed by atoms with Crippen molar-refractivity contribution in [1.29, 1.82) is 0 Å². The largest absolute Gasteiger partial charge is 0.507 e. The smallest absolute Gasteiger partial charge is 0.160 e. The highest BCUT2D eigenvalue weighted by Crippen LogP contribution is 2.40. The van der Waals surface area contributed by atoms with Gasteiger partial charge in [0.25, 0.3) is 0 Å². The number of amidine groups is 1. The number of rotatable bonds is 2. The second-order valence-electron chi connectivity index (χ2n) is 10.3. The van der Waals surface area contributed by atoms with E-state index < -0.39 is 0 Å². The Morgan fingerprint density at radius 3 is 1.87 bits per heavy atom. The summed E-state index contributed by atoms with van der Waals surface area (Å²) in [4.78, 5) is 9.59. The van der Waals surface area contributed by atoms with Crippen LogP contribution in [0.1, 0.15) is 63.8 Å². The summed E-state index contributed by atoms with van der Waals surface area (Å²) < 4.78 is 0. The van der Waals surface area contributed by atoms with E-state index in [9.17, 15) is 5.11 Å². The van der Waals surface area contributed by atoms with Crippen molar-refractivity contribution in [1.82, 2.24) is 0 Å². The van der Waals surface area contributed by atoms with E-state index in [4.69, 9.17) is 9.98 Å². The third-order valence-corrected chi connectivity index (χ3v) is 5.74. The molecule has 0 amide bonds. The standard InChI is InChI=1S/C28H30N2O/c1-17-24(20-13-12-18-10-8-9-11-19(18)14-20)30-26(29-17)21-15-22(27(2,3)4)25(31)23(16-21)28(5,6)7/h8-16,31H,1H2,2-7H3. The Morgan fingerprint density at radius 1 is 0.710 bits per heavy atom. The van der Waals surface area contributed by atoms with E-state index in [-0.39, 0.29) is 10.8 Å². The van der Waals surface area contributed by atoms with Crippen LogP contribution in [0.3, 0.4) is 0 Å². The minimum Gasteiger partial charge on any atom is -0.507 e. The lowest BCUT2D eigenvalue weighted by Gasteiger charge is -2.28. The number of hydrogen-bond acceptors (Lipinski definition) is 3. The van der Waals surface area contributed by atoms with Crippen molar-refractivity contribution in [3.05, 3.63) is 89.1 Å². The van der Waals surface area contributed by atoms with Gasteiger partial charge in [0, 0.05) is 22.3 Å². The van der Waals surface area contributed by atoms with Gasteiger partial charge in [-0.25, -0.2) is 9.98 Å². The van der Waals surface area contributed by atoms with Gasteiger partial charge in [-0.15, -0.1) is 0 Å². The van der Waals surface area contributed by atoms with Crippen LogP contribution in [0.5, 0.6) is 5.75 Å². The fourth-order valence-corrected chi connectivity index (χ4v) is 3.98. The Balaban J connectivity index is 1.83. The Labute approximate surface area is 184 Å². The Kier molecular flexibility index (Phi) is 4.88. The second-order valence-corrected chi connectivity index (χ2v) is 10.3. The first-order chi connectivity index (χ1) is 14.4. The first kappa shape index (κ1) is 21.0. The summed E-state index contributed by atoms with van der Waals surface area (Å²) in [5, 5.41) is 13.4. The van der Waals surface area contributed by atoms with Crippen LogP contribution in [0.15, 0.2) is 76.9 Å². The van der Waals surface area contributed by atoms with Crippen LogP contribution in [0.2, 0.25) is 0 Å². The summed E-state index contributed by atoms with van der Waals surface area (Å²) in [5.74, 6) is 1.00. The highest BCUT2D eigenvalue weighted by atomic mass is 16.3. The summed E-state index contributed by atoms with van der Waals surface area (Å²) in [6.07, 6.45) is 0. The monoisotopic (exact) mass is 410 g/mol. The number of phenolic OH excluding ortho intramolecular Hbond substituents is 1. The van der Waals surface area contributed by atoms with Crippen molar-refractivity contribution in [3.8, 4) is 5.75 Å². The average molecular weight is 411 g/mol. The second kappa shape index (κ2) is 7.19. The summed E-state index contributed by atoms with van der Waals surface area (Å²) in [5.41, 5.74) is 4.76. The van der Waals surface area contributed by atoms with E-state index in [0.717, 1.165) is 28.0 Å². The van der Waals surface area contributed by atoms with E-state index >= 15 is 0 Å². The van der Waals surface area contributed by atoms with Crippen molar-refractivity contribution in [2.75, 3.05) is 0 Å². The van der Waals surface area contributed by atoms with Gasteiger partial charge in [0.05, 0.1) is 11.4 Å². The lowest BCUT2D eigenvalue weighted by molar-refractivity contribution is 0.423. The molecule has 0 spiro atoms. The maximum Gasteiger partial charge on any atom is 0.160 e. The minimum atomic E-state index is -0.207. The van der Waals surface area contributed by atoms with E-state index in [2.05, 4.69) is 78.5 Å². The zero-order valence-electron chi connectivity index (χ0n) is 19.2. The number of benzene rings is 3. The number of aliphatic imine (C=N–C) groups is 2. The van der Waals surface area contributed by atoms with Gasteiger partial charge >= 0.3 is 0 Å². The van der Waals surface area contributed by atoms with Gasteiger partial charge in [0.2, 0.25) is 0 Å². The molecule has 0 unspecified atom stereocenters. The lowest BCUT2D eigenvalue weighted by atomic mass is 9.78. The molecule has 1 heterocycles. The number of allylic oxidation sites excluding steroid dienone is 1. The molecule has 3 nitrogen and oxygen atoms in total. The fraction of sp³-hybridized carbons (Fsp3) is 0.286. The summed E-state index contributed by atoms with van der Waals surface area (Å²) in [6, 6.07) is 18.6. The number of phenols is 1. The number of nitrogens with zero attached hydrogens (tertiary/aromatic N) is 2. The van der Waals surface area contributed by atoms with Crippen molar-refractivity contribution in [3.63, 3.8) is 0 Å². The molecule has 4 rings (SSSR count). The third-order valence-electron chi connectivity index (χ3n) is 5.74. The van der Waals surface area contributed by atoms with Crippen molar-refractivity contribution in [2.45, 2.75) is 52.4 Å². The zero-order valence-corrected chi connectivity index (χ0v) is 19.2. The van der Waals surface area contributed by atoms with Gasteiger partial charge in [-0.1, -0.05) is 84.5 Å². The van der Waals surface area contributed by atoms with Gasteiger partial charge < -0.3 is 5.11 Å². The molecule has 0 saturated carbocycles. The topological polar surface area (TPSA) is 45.0 Å². The Morgan fingerprint density at radius 2 is 1.29 bits per heavy atom. The molecule has 0 radical (unpaired) electrons. The molecule has 158 valence electrons. The molecular formula is C28H30N2O.